The molecule has 0 amide bonds. The summed E-state index contributed by atoms with van der Waals surface area (Å²) in [4.78, 5) is 12.4. The molecule has 2 aromatic rings. The summed E-state index contributed by atoms with van der Waals surface area (Å²) < 4.78 is 0. The van der Waals surface area contributed by atoms with Crippen molar-refractivity contribution in [1.82, 2.24) is 0 Å². The first-order valence-corrected chi connectivity index (χ1v) is 6.11. The van der Waals surface area contributed by atoms with Crippen molar-refractivity contribution >= 4 is 35.0 Å². The van der Waals surface area contributed by atoms with Crippen LogP contribution in [0.25, 0.3) is 16.5 Å². The molecule has 0 spiro atoms. The van der Waals surface area contributed by atoms with E-state index >= 15 is 0 Å². The minimum Gasteiger partial charge on any atom is -0.478 e. The van der Waals surface area contributed by atoms with Gasteiger partial charge < -0.3 is 5.11 Å². The van der Waals surface area contributed by atoms with E-state index in [1.165, 1.54) is 0 Å². The van der Waals surface area contributed by atoms with Gasteiger partial charge in [0.1, 0.15) is 0 Å². The van der Waals surface area contributed by atoms with Crippen LogP contribution in [0.2, 0.25) is 5.02 Å². The minimum atomic E-state index is -0.938. The predicted molar refractivity (Wildman–Crippen MR) is 71.4 cm³/mol. The number of hydrogen-bond acceptors (Lipinski definition) is 2. The lowest BCUT2D eigenvalue weighted by Crippen LogP contribution is -1.84. The fourth-order valence-electron chi connectivity index (χ4n) is 1.37. The van der Waals surface area contributed by atoms with Crippen molar-refractivity contribution in [1.29, 1.82) is 0 Å². The van der Waals surface area contributed by atoms with E-state index in [1.807, 2.05) is 36.4 Å². The number of aliphatic carboxylic acids is 1. The van der Waals surface area contributed by atoms with Crippen LogP contribution in [0.15, 0.2) is 42.5 Å². The van der Waals surface area contributed by atoms with Gasteiger partial charge in [0.05, 0.1) is 0 Å². The molecule has 2 nitrogen and oxygen atoms in total. The van der Waals surface area contributed by atoms with Gasteiger partial charge in [-0.05, 0) is 35.9 Å². The van der Waals surface area contributed by atoms with Crippen LogP contribution in [0.3, 0.4) is 0 Å². The van der Waals surface area contributed by atoms with E-state index in [-0.39, 0.29) is 0 Å². The fourth-order valence-corrected chi connectivity index (χ4v) is 2.41. The van der Waals surface area contributed by atoms with Crippen LogP contribution in [0.1, 0.15) is 4.88 Å². The van der Waals surface area contributed by atoms with Crippen LogP contribution in [0.4, 0.5) is 0 Å². The molecule has 1 N–H and O–H groups in total. The van der Waals surface area contributed by atoms with Gasteiger partial charge in [-0.25, -0.2) is 4.79 Å². The van der Waals surface area contributed by atoms with Crippen molar-refractivity contribution in [2.45, 2.75) is 0 Å². The zero-order valence-electron chi connectivity index (χ0n) is 8.76. The van der Waals surface area contributed by atoms with Gasteiger partial charge >= 0.3 is 5.97 Å². The van der Waals surface area contributed by atoms with Gasteiger partial charge in [-0.3, -0.25) is 0 Å². The quantitative estimate of drug-likeness (QED) is 0.845. The van der Waals surface area contributed by atoms with Gasteiger partial charge in [0.2, 0.25) is 0 Å². The molecule has 0 saturated carbocycles. The normalized spacial score (nSPS) is 10.9. The molecule has 0 aliphatic heterocycles. The summed E-state index contributed by atoms with van der Waals surface area (Å²) in [6.07, 6.45) is 2.73. The Morgan fingerprint density at radius 1 is 1.18 bits per heavy atom. The zero-order valence-corrected chi connectivity index (χ0v) is 10.3. The van der Waals surface area contributed by atoms with Gasteiger partial charge in [0.15, 0.2) is 0 Å². The molecule has 1 aromatic heterocycles. The number of halogens is 1. The second-order valence-electron chi connectivity index (χ2n) is 3.38. The SMILES string of the molecule is O=C(O)/C=C/c1ccc(-c2ccc(Cl)cc2)s1. The average molecular weight is 265 g/mol. The Morgan fingerprint density at radius 2 is 1.88 bits per heavy atom. The van der Waals surface area contributed by atoms with E-state index in [4.69, 9.17) is 16.7 Å². The molecule has 0 aliphatic rings. The zero-order chi connectivity index (χ0) is 12.3. The molecule has 0 atom stereocenters. The van der Waals surface area contributed by atoms with Crippen molar-refractivity contribution in [2.75, 3.05) is 0 Å². The molecule has 0 radical (unpaired) electrons. The molecule has 4 heteroatoms. The first-order chi connectivity index (χ1) is 8.15. The van der Waals surface area contributed by atoms with Crippen molar-refractivity contribution in [2.24, 2.45) is 0 Å². The van der Waals surface area contributed by atoms with Crippen molar-refractivity contribution in [3.05, 3.63) is 52.4 Å². The number of carbonyl (C=O) groups is 1. The van der Waals surface area contributed by atoms with E-state index in [0.717, 1.165) is 21.4 Å². The third-order valence-electron chi connectivity index (χ3n) is 2.15. The minimum absolute atomic E-state index is 0.705. The van der Waals surface area contributed by atoms with Gasteiger partial charge in [-0.2, -0.15) is 0 Å². The maximum absolute atomic E-state index is 10.4. The summed E-state index contributed by atoms with van der Waals surface area (Å²) in [6, 6.07) is 11.4. The molecule has 0 aliphatic carbocycles. The Hall–Kier alpha value is -1.58. The Bertz CT molecular complexity index is 555. The molecule has 0 fully saturated rings. The summed E-state index contributed by atoms with van der Waals surface area (Å²) in [7, 11) is 0. The number of hydrogen-bond donors (Lipinski definition) is 1. The number of benzene rings is 1. The van der Waals surface area contributed by atoms with E-state index in [2.05, 4.69) is 0 Å². The Morgan fingerprint density at radius 3 is 2.53 bits per heavy atom. The fraction of sp³-hybridized carbons (Fsp3) is 0. The highest BCUT2D eigenvalue weighted by Gasteiger charge is 2.01. The lowest BCUT2D eigenvalue weighted by Gasteiger charge is -1.96. The number of rotatable bonds is 3. The van der Waals surface area contributed by atoms with Crippen LogP contribution in [-0.2, 0) is 4.79 Å². The van der Waals surface area contributed by atoms with E-state index in [1.54, 1.807) is 17.4 Å². The molecule has 17 heavy (non-hydrogen) atoms. The second-order valence-corrected chi connectivity index (χ2v) is 4.93. The monoisotopic (exact) mass is 264 g/mol. The standard InChI is InChI=1S/C13H9ClO2S/c14-10-3-1-9(2-4-10)12-7-5-11(17-12)6-8-13(15)16/h1-8H,(H,15,16)/b8-6+. The third-order valence-corrected chi connectivity index (χ3v) is 3.50. The Balaban J connectivity index is 2.23. The van der Waals surface area contributed by atoms with Crippen LogP contribution in [0, 0.1) is 0 Å². The summed E-state index contributed by atoms with van der Waals surface area (Å²) in [6.45, 7) is 0. The first kappa shape index (κ1) is 11.9. The van der Waals surface area contributed by atoms with Crippen LogP contribution < -0.4 is 0 Å². The molecule has 0 saturated heterocycles. The van der Waals surface area contributed by atoms with Crippen LogP contribution in [0.5, 0.6) is 0 Å². The maximum atomic E-state index is 10.4. The van der Waals surface area contributed by atoms with Gasteiger partial charge in [-0.15, -0.1) is 11.3 Å². The highest BCUT2D eigenvalue weighted by molar-refractivity contribution is 7.16. The molecule has 0 bridgehead atoms. The summed E-state index contributed by atoms with van der Waals surface area (Å²) >= 11 is 7.36. The number of thiophene rings is 1. The van der Waals surface area contributed by atoms with Gasteiger partial charge in [-0.1, -0.05) is 23.7 Å². The lowest BCUT2D eigenvalue weighted by molar-refractivity contribution is -0.131. The molecule has 0 unspecified atom stereocenters. The number of carboxylic acids is 1. The summed E-state index contributed by atoms with van der Waals surface area (Å²) in [5.41, 5.74) is 1.08. The highest BCUT2D eigenvalue weighted by Crippen LogP contribution is 2.29. The molecular formula is C13H9ClO2S. The van der Waals surface area contributed by atoms with Gasteiger partial charge in [0, 0.05) is 20.9 Å². The maximum Gasteiger partial charge on any atom is 0.328 e. The molecule has 1 aromatic carbocycles. The lowest BCUT2D eigenvalue weighted by atomic mass is 10.2. The van der Waals surface area contributed by atoms with E-state index in [9.17, 15) is 4.79 Å². The second kappa shape index (κ2) is 5.17. The Labute approximate surface area is 108 Å². The van der Waals surface area contributed by atoms with Crippen LogP contribution >= 0.6 is 22.9 Å². The van der Waals surface area contributed by atoms with Crippen molar-refractivity contribution in [3.63, 3.8) is 0 Å². The van der Waals surface area contributed by atoms with Crippen LogP contribution in [-0.4, -0.2) is 11.1 Å². The topological polar surface area (TPSA) is 37.3 Å². The molecule has 86 valence electrons. The molecular weight excluding hydrogens is 256 g/mol. The summed E-state index contributed by atoms with van der Waals surface area (Å²) in [5.74, 6) is -0.938. The molecule has 1 heterocycles. The smallest absolute Gasteiger partial charge is 0.328 e. The predicted octanol–water partition coefficient (Wildman–Crippen LogP) is 4.17. The molecule has 2 rings (SSSR count). The number of carboxylic acid groups (broad SMARTS) is 1. The largest absolute Gasteiger partial charge is 0.478 e. The van der Waals surface area contributed by atoms with Crippen molar-refractivity contribution in [3.8, 4) is 10.4 Å². The van der Waals surface area contributed by atoms with Crippen molar-refractivity contribution < 1.29 is 9.90 Å². The van der Waals surface area contributed by atoms with E-state index < -0.39 is 5.97 Å². The van der Waals surface area contributed by atoms with Gasteiger partial charge in [0.25, 0.3) is 0 Å². The van der Waals surface area contributed by atoms with E-state index in [0.29, 0.717) is 5.02 Å². The highest BCUT2D eigenvalue weighted by atomic mass is 35.5. The first-order valence-electron chi connectivity index (χ1n) is 4.92. The Kier molecular flexibility index (Phi) is 3.61. The average Bonchev–Trinajstić information content (AvgIpc) is 2.76. The third kappa shape index (κ3) is 3.19. The summed E-state index contributed by atoms with van der Waals surface area (Å²) in [5, 5.41) is 9.24.